The number of halogens is 2. The highest BCUT2D eigenvalue weighted by Gasteiger charge is 2.51. The summed E-state index contributed by atoms with van der Waals surface area (Å²) in [4.78, 5) is 0. The number of hydrogen-bond acceptors (Lipinski definition) is 1. The Labute approximate surface area is 105 Å². The number of hydrogen-bond donors (Lipinski definition) is 0. The topological polar surface area (TPSA) is 23.8 Å². The molecule has 3 atom stereocenters. The summed E-state index contributed by atoms with van der Waals surface area (Å²) in [5, 5.41) is 9.49. The lowest BCUT2D eigenvalue weighted by atomic mass is 9.70. The van der Waals surface area contributed by atoms with Gasteiger partial charge >= 0.3 is 0 Å². The number of nitriles is 1. The predicted molar refractivity (Wildman–Crippen MR) is 63.6 cm³/mol. The molecule has 94 valence electrons. The molecule has 1 aromatic carbocycles. The second-order valence-corrected chi connectivity index (χ2v) is 5.76. The van der Waals surface area contributed by atoms with Crippen molar-refractivity contribution in [3.05, 3.63) is 35.4 Å². The molecule has 2 fully saturated rings. The maximum atomic E-state index is 13.7. The van der Waals surface area contributed by atoms with Crippen molar-refractivity contribution in [2.75, 3.05) is 0 Å². The zero-order valence-electron chi connectivity index (χ0n) is 10.1. The summed E-state index contributed by atoms with van der Waals surface area (Å²) in [6, 6.07) is 5.93. The van der Waals surface area contributed by atoms with Crippen molar-refractivity contribution < 1.29 is 8.78 Å². The summed E-state index contributed by atoms with van der Waals surface area (Å²) in [5.41, 5.74) is -0.110. The van der Waals surface area contributed by atoms with Crippen LogP contribution in [0.2, 0.25) is 0 Å². The van der Waals surface area contributed by atoms with Crippen molar-refractivity contribution in [2.24, 2.45) is 17.3 Å². The van der Waals surface area contributed by atoms with E-state index in [1.54, 1.807) is 0 Å². The molecular formula is C15H15F2N. The Morgan fingerprint density at radius 1 is 1.33 bits per heavy atom. The van der Waals surface area contributed by atoms with E-state index in [2.05, 4.69) is 6.07 Å². The molecular weight excluding hydrogens is 232 g/mol. The zero-order valence-corrected chi connectivity index (χ0v) is 10.1. The lowest BCUT2D eigenvalue weighted by molar-refractivity contribution is 0.237. The first kappa shape index (κ1) is 11.6. The van der Waals surface area contributed by atoms with Gasteiger partial charge in [-0.2, -0.15) is 5.26 Å². The van der Waals surface area contributed by atoms with Gasteiger partial charge in [-0.05, 0) is 61.3 Å². The Kier molecular flexibility index (Phi) is 2.62. The highest BCUT2D eigenvalue weighted by molar-refractivity contribution is 5.25. The van der Waals surface area contributed by atoms with Crippen LogP contribution in [0.1, 0.15) is 31.2 Å². The van der Waals surface area contributed by atoms with E-state index < -0.39 is 17.0 Å². The van der Waals surface area contributed by atoms with E-state index >= 15 is 0 Å². The lowest BCUT2D eigenvalue weighted by Crippen LogP contribution is -2.29. The fourth-order valence-corrected chi connectivity index (χ4v) is 3.86. The fraction of sp³-hybridized carbons (Fsp3) is 0.533. The molecule has 0 N–H and O–H groups in total. The summed E-state index contributed by atoms with van der Waals surface area (Å²) < 4.78 is 26.9. The molecule has 0 saturated heterocycles. The van der Waals surface area contributed by atoms with Crippen molar-refractivity contribution >= 4 is 0 Å². The van der Waals surface area contributed by atoms with Gasteiger partial charge in [-0.25, -0.2) is 8.78 Å². The van der Waals surface area contributed by atoms with E-state index in [0.717, 1.165) is 31.4 Å². The van der Waals surface area contributed by atoms with Crippen molar-refractivity contribution in [2.45, 2.75) is 32.1 Å². The van der Waals surface area contributed by atoms with E-state index in [9.17, 15) is 14.0 Å². The van der Waals surface area contributed by atoms with Crippen LogP contribution in [0.15, 0.2) is 18.2 Å². The van der Waals surface area contributed by atoms with E-state index in [-0.39, 0.29) is 0 Å². The molecule has 3 heteroatoms. The highest BCUT2D eigenvalue weighted by atomic mass is 19.1. The van der Waals surface area contributed by atoms with Crippen LogP contribution in [0.4, 0.5) is 8.78 Å². The lowest BCUT2D eigenvalue weighted by Gasteiger charge is -2.31. The van der Waals surface area contributed by atoms with Crippen LogP contribution in [0, 0.1) is 40.2 Å². The Morgan fingerprint density at radius 2 is 2.17 bits per heavy atom. The van der Waals surface area contributed by atoms with Gasteiger partial charge in [0.1, 0.15) is 11.6 Å². The normalized spacial score (nSPS) is 33.6. The smallest absolute Gasteiger partial charge is 0.126 e. The Morgan fingerprint density at radius 3 is 2.78 bits per heavy atom. The van der Waals surface area contributed by atoms with Gasteiger partial charge in [0.15, 0.2) is 0 Å². The molecule has 0 aromatic heterocycles. The molecule has 1 nitrogen and oxygen atoms in total. The summed E-state index contributed by atoms with van der Waals surface area (Å²) in [5.74, 6) is 0.165. The van der Waals surface area contributed by atoms with Gasteiger partial charge in [0, 0.05) is 0 Å². The monoisotopic (exact) mass is 247 g/mol. The largest absolute Gasteiger partial charge is 0.207 e. The maximum absolute atomic E-state index is 13.7. The molecule has 0 spiro atoms. The van der Waals surface area contributed by atoms with Crippen LogP contribution in [-0.2, 0) is 6.42 Å². The first-order valence-electron chi connectivity index (χ1n) is 6.48. The quantitative estimate of drug-likeness (QED) is 0.779. The van der Waals surface area contributed by atoms with Crippen LogP contribution in [0.3, 0.4) is 0 Å². The molecule has 2 aliphatic rings. The molecule has 0 heterocycles. The van der Waals surface area contributed by atoms with Gasteiger partial charge in [-0.1, -0.05) is 6.42 Å². The van der Waals surface area contributed by atoms with Crippen LogP contribution < -0.4 is 0 Å². The summed E-state index contributed by atoms with van der Waals surface area (Å²) in [6.07, 6.45) is 4.55. The molecule has 1 aromatic rings. The highest BCUT2D eigenvalue weighted by Crippen LogP contribution is 2.57. The Balaban J connectivity index is 1.91. The molecule has 2 bridgehead atoms. The summed E-state index contributed by atoms with van der Waals surface area (Å²) >= 11 is 0. The van der Waals surface area contributed by atoms with Gasteiger partial charge < -0.3 is 0 Å². The second kappa shape index (κ2) is 4.05. The van der Waals surface area contributed by atoms with E-state index in [4.69, 9.17) is 0 Å². The summed E-state index contributed by atoms with van der Waals surface area (Å²) in [7, 11) is 0. The predicted octanol–water partition coefficient (Wildman–Crippen LogP) is 3.84. The third-order valence-electron chi connectivity index (χ3n) is 4.71. The van der Waals surface area contributed by atoms with E-state index in [1.165, 1.54) is 12.5 Å². The van der Waals surface area contributed by atoms with Crippen molar-refractivity contribution in [3.63, 3.8) is 0 Å². The summed E-state index contributed by atoms with van der Waals surface area (Å²) in [6.45, 7) is 0. The SMILES string of the molecule is N#CC1(Cc2cc(F)ccc2F)CC2CCC1C2. The third kappa shape index (κ3) is 1.71. The third-order valence-corrected chi connectivity index (χ3v) is 4.71. The number of nitrogens with zero attached hydrogens (tertiary/aromatic N) is 1. The average Bonchev–Trinajstić information content (AvgIpc) is 2.94. The van der Waals surface area contributed by atoms with E-state index in [0.29, 0.717) is 23.8 Å². The average molecular weight is 247 g/mol. The second-order valence-electron chi connectivity index (χ2n) is 5.76. The van der Waals surface area contributed by atoms with Crippen molar-refractivity contribution in [1.82, 2.24) is 0 Å². The number of rotatable bonds is 2. The zero-order chi connectivity index (χ0) is 12.8. The van der Waals surface area contributed by atoms with Gasteiger partial charge in [0.25, 0.3) is 0 Å². The molecule has 0 radical (unpaired) electrons. The molecule has 2 aliphatic carbocycles. The molecule has 3 unspecified atom stereocenters. The van der Waals surface area contributed by atoms with Crippen LogP contribution >= 0.6 is 0 Å². The standard InChI is InChI=1S/C15H15F2N/c16-13-3-4-14(17)11(6-13)8-15(9-18)7-10-1-2-12(15)5-10/h3-4,6,10,12H,1-2,5,7-8H2. The molecule has 3 rings (SSSR count). The first-order chi connectivity index (χ1) is 8.63. The van der Waals surface area contributed by atoms with Crippen molar-refractivity contribution in [1.29, 1.82) is 5.26 Å². The number of benzene rings is 1. The molecule has 0 amide bonds. The van der Waals surface area contributed by atoms with Gasteiger partial charge in [-0.15, -0.1) is 0 Å². The van der Waals surface area contributed by atoms with Crippen LogP contribution in [0.25, 0.3) is 0 Å². The molecule has 18 heavy (non-hydrogen) atoms. The fourth-order valence-electron chi connectivity index (χ4n) is 3.86. The van der Waals surface area contributed by atoms with E-state index in [1.807, 2.05) is 0 Å². The van der Waals surface area contributed by atoms with Crippen LogP contribution in [-0.4, -0.2) is 0 Å². The minimum atomic E-state index is -0.461. The van der Waals surface area contributed by atoms with Gasteiger partial charge in [-0.3, -0.25) is 0 Å². The van der Waals surface area contributed by atoms with Crippen molar-refractivity contribution in [3.8, 4) is 6.07 Å². The Hall–Kier alpha value is -1.43. The first-order valence-corrected chi connectivity index (χ1v) is 6.48. The number of fused-ring (bicyclic) bond motifs is 2. The molecule has 0 aliphatic heterocycles. The Bertz CT molecular complexity index is 520. The minimum Gasteiger partial charge on any atom is -0.207 e. The molecule has 2 saturated carbocycles. The minimum absolute atomic E-state index is 0.351. The van der Waals surface area contributed by atoms with Crippen LogP contribution in [0.5, 0.6) is 0 Å². The van der Waals surface area contributed by atoms with Gasteiger partial charge in [0.2, 0.25) is 0 Å². The maximum Gasteiger partial charge on any atom is 0.126 e. The van der Waals surface area contributed by atoms with Gasteiger partial charge in [0.05, 0.1) is 11.5 Å².